The molecule has 3 aromatic rings. The van der Waals surface area contributed by atoms with Gasteiger partial charge < -0.3 is 9.84 Å². The van der Waals surface area contributed by atoms with Gasteiger partial charge in [-0.3, -0.25) is 0 Å². The van der Waals surface area contributed by atoms with Crippen molar-refractivity contribution in [3.05, 3.63) is 77.1 Å². The van der Waals surface area contributed by atoms with E-state index >= 15 is 8.78 Å². The molecule has 0 spiro atoms. The summed E-state index contributed by atoms with van der Waals surface area (Å²) >= 11 is 5.80. The van der Waals surface area contributed by atoms with Gasteiger partial charge >= 0.3 is 6.18 Å². The summed E-state index contributed by atoms with van der Waals surface area (Å²) in [6, 6.07) is 9.01. The zero-order valence-corrected chi connectivity index (χ0v) is 19.3. The van der Waals surface area contributed by atoms with Crippen LogP contribution in [0.5, 0.6) is 5.75 Å². The van der Waals surface area contributed by atoms with Crippen LogP contribution < -0.4 is 4.74 Å². The number of aliphatic hydroxyl groups is 1. The zero-order chi connectivity index (χ0) is 26.0. The van der Waals surface area contributed by atoms with Crippen LogP contribution in [0.25, 0.3) is 0 Å². The van der Waals surface area contributed by atoms with Gasteiger partial charge in [-0.25, -0.2) is 22.8 Å². The monoisotopic (exact) mass is 531 g/mol. The van der Waals surface area contributed by atoms with Crippen molar-refractivity contribution in [3.8, 4) is 5.75 Å². The summed E-state index contributed by atoms with van der Waals surface area (Å²) < 4.78 is 90.1. The van der Waals surface area contributed by atoms with Crippen molar-refractivity contribution in [2.45, 2.75) is 48.9 Å². The Bertz CT molecular complexity index is 1250. The van der Waals surface area contributed by atoms with Crippen molar-refractivity contribution in [2.75, 3.05) is 6.61 Å². The Morgan fingerprint density at radius 3 is 2.25 bits per heavy atom. The quantitative estimate of drug-likeness (QED) is 0.381. The maximum atomic E-state index is 16.2. The second-order valence-electron chi connectivity index (χ2n) is 9.67. The molecular formula is C24H20ClF6N3O2. The van der Waals surface area contributed by atoms with Gasteiger partial charge in [0, 0.05) is 16.0 Å². The van der Waals surface area contributed by atoms with E-state index in [4.69, 9.17) is 16.3 Å². The fraction of sp³-hybridized carbons (Fsp3) is 0.417. The van der Waals surface area contributed by atoms with Gasteiger partial charge in [-0.2, -0.15) is 18.3 Å². The molecule has 36 heavy (non-hydrogen) atoms. The Balaban J connectivity index is 1.39. The van der Waals surface area contributed by atoms with Crippen molar-refractivity contribution < 1.29 is 36.2 Å². The van der Waals surface area contributed by atoms with Gasteiger partial charge in [0.15, 0.2) is 12.2 Å². The molecule has 192 valence electrons. The average Bonchev–Trinajstić information content (AvgIpc) is 3.23. The first-order valence-electron chi connectivity index (χ1n) is 11.0. The number of benzene rings is 2. The highest BCUT2D eigenvalue weighted by molar-refractivity contribution is 6.30. The molecule has 3 saturated carbocycles. The van der Waals surface area contributed by atoms with Gasteiger partial charge in [0.05, 0.1) is 6.54 Å². The van der Waals surface area contributed by atoms with Gasteiger partial charge in [-0.1, -0.05) is 29.8 Å². The molecule has 1 N–H and O–H groups in total. The molecular weight excluding hydrogens is 512 g/mol. The molecule has 3 aliphatic rings. The van der Waals surface area contributed by atoms with Crippen LogP contribution in [0.3, 0.4) is 0 Å². The molecule has 0 amide bonds. The average molecular weight is 532 g/mol. The second kappa shape index (κ2) is 8.11. The largest absolute Gasteiger partial charge is 0.484 e. The lowest BCUT2D eigenvalue weighted by Gasteiger charge is -2.74. The molecule has 1 heterocycles. The van der Waals surface area contributed by atoms with Crippen molar-refractivity contribution >= 4 is 11.6 Å². The van der Waals surface area contributed by atoms with Crippen LogP contribution >= 0.6 is 11.6 Å². The lowest BCUT2D eigenvalue weighted by atomic mass is 9.30. The number of rotatable bonds is 8. The van der Waals surface area contributed by atoms with Crippen LogP contribution in [0.15, 0.2) is 55.1 Å². The Morgan fingerprint density at radius 1 is 1.03 bits per heavy atom. The SMILES string of the molecule is O[C@](Cn1cncn1)(c1ccc(Cl)cc1F)C(F)(F)C12CC(c3ccc(OCC(F)(F)F)cc3)(C1)C2. The summed E-state index contributed by atoms with van der Waals surface area (Å²) in [6.07, 6.45) is -2.15. The molecule has 2 bridgehead atoms. The summed E-state index contributed by atoms with van der Waals surface area (Å²) in [5.41, 5.74) is -5.05. The minimum atomic E-state index is -4.48. The molecule has 1 atom stereocenters. The van der Waals surface area contributed by atoms with Gasteiger partial charge in [0.2, 0.25) is 0 Å². The minimum absolute atomic E-state index is 0.00481. The maximum Gasteiger partial charge on any atom is 0.422 e. The van der Waals surface area contributed by atoms with E-state index < -0.39 is 53.1 Å². The molecule has 0 saturated heterocycles. The van der Waals surface area contributed by atoms with E-state index in [9.17, 15) is 22.7 Å². The molecule has 3 aliphatic carbocycles. The molecule has 5 nitrogen and oxygen atoms in total. The van der Waals surface area contributed by atoms with Gasteiger partial charge in [0.1, 0.15) is 24.2 Å². The smallest absolute Gasteiger partial charge is 0.422 e. The van der Waals surface area contributed by atoms with E-state index in [-0.39, 0.29) is 30.0 Å². The topological polar surface area (TPSA) is 60.2 Å². The highest BCUT2D eigenvalue weighted by Crippen LogP contribution is 2.80. The number of aromatic nitrogens is 3. The fourth-order valence-electron chi connectivity index (χ4n) is 5.66. The molecule has 1 aromatic heterocycles. The molecule has 3 fully saturated rings. The first-order chi connectivity index (χ1) is 16.8. The van der Waals surface area contributed by atoms with Crippen LogP contribution in [-0.4, -0.2) is 38.6 Å². The summed E-state index contributed by atoms with van der Waals surface area (Å²) in [5, 5.41) is 15.3. The van der Waals surface area contributed by atoms with E-state index in [1.807, 2.05) is 0 Å². The number of ether oxygens (including phenoxy) is 1. The molecule has 2 aromatic carbocycles. The highest BCUT2D eigenvalue weighted by Gasteiger charge is 2.82. The number of halogens is 7. The van der Waals surface area contributed by atoms with Crippen LogP contribution in [0.4, 0.5) is 26.3 Å². The molecule has 0 radical (unpaired) electrons. The standard InChI is InChI=1S/C24H20ClF6N3O2/c25-16-3-6-18(19(26)7-16)22(35,11-34-14-32-13-33-34)24(30,31)21-8-20(9-21,10-21)15-1-4-17(5-2-15)36-12-23(27,28)29/h1-7,13-14,35H,8-12H2/t20?,21?,22-/m1/s1. The third-order valence-electron chi connectivity index (χ3n) is 7.32. The van der Waals surface area contributed by atoms with Gasteiger partial charge in [0.25, 0.3) is 5.92 Å². The van der Waals surface area contributed by atoms with Crippen molar-refractivity contribution in [2.24, 2.45) is 5.41 Å². The predicted molar refractivity (Wildman–Crippen MR) is 116 cm³/mol. The molecule has 12 heteroatoms. The van der Waals surface area contributed by atoms with Crippen molar-refractivity contribution in [1.29, 1.82) is 0 Å². The summed E-state index contributed by atoms with van der Waals surface area (Å²) in [7, 11) is 0. The first kappa shape index (κ1) is 24.9. The fourth-order valence-corrected chi connectivity index (χ4v) is 5.82. The number of nitrogens with zero attached hydrogens (tertiary/aromatic N) is 3. The van der Waals surface area contributed by atoms with Crippen molar-refractivity contribution in [1.82, 2.24) is 14.8 Å². The van der Waals surface area contributed by atoms with Crippen LogP contribution in [-0.2, 0) is 17.6 Å². The lowest BCUT2D eigenvalue weighted by molar-refractivity contribution is -0.347. The minimum Gasteiger partial charge on any atom is -0.484 e. The van der Waals surface area contributed by atoms with Gasteiger partial charge in [-0.05, 0) is 54.5 Å². The Hall–Kier alpha value is -2.79. The van der Waals surface area contributed by atoms with Crippen LogP contribution in [0.1, 0.15) is 30.4 Å². The molecule has 6 rings (SSSR count). The molecule has 0 aliphatic heterocycles. The number of hydrogen-bond acceptors (Lipinski definition) is 4. The zero-order valence-electron chi connectivity index (χ0n) is 18.6. The normalized spacial score (nSPS) is 25.0. The number of hydrogen-bond donors (Lipinski definition) is 1. The molecule has 0 unspecified atom stereocenters. The summed E-state index contributed by atoms with van der Waals surface area (Å²) in [4.78, 5) is 3.72. The van der Waals surface area contributed by atoms with E-state index in [2.05, 4.69) is 10.1 Å². The van der Waals surface area contributed by atoms with E-state index in [1.165, 1.54) is 18.2 Å². The van der Waals surface area contributed by atoms with Crippen molar-refractivity contribution in [3.63, 3.8) is 0 Å². The van der Waals surface area contributed by atoms with Crippen LogP contribution in [0, 0.1) is 11.2 Å². The third kappa shape index (κ3) is 3.83. The lowest BCUT2D eigenvalue weighted by Crippen LogP contribution is -2.76. The van der Waals surface area contributed by atoms with E-state index in [1.54, 1.807) is 12.1 Å². The summed E-state index contributed by atoms with van der Waals surface area (Å²) in [6.45, 7) is -2.17. The van der Waals surface area contributed by atoms with Crippen LogP contribution in [0.2, 0.25) is 5.02 Å². The Labute approximate surface area is 206 Å². The Morgan fingerprint density at radius 2 is 1.69 bits per heavy atom. The third-order valence-corrected chi connectivity index (χ3v) is 7.55. The predicted octanol–water partition coefficient (Wildman–Crippen LogP) is 5.66. The first-order valence-corrected chi connectivity index (χ1v) is 11.4. The van der Waals surface area contributed by atoms with Gasteiger partial charge in [-0.15, -0.1) is 0 Å². The van der Waals surface area contributed by atoms with E-state index in [0.29, 0.717) is 5.56 Å². The second-order valence-corrected chi connectivity index (χ2v) is 10.1. The Kier molecular flexibility index (Phi) is 5.60. The number of alkyl halides is 5. The highest BCUT2D eigenvalue weighted by atomic mass is 35.5. The van der Waals surface area contributed by atoms with E-state index in [0.717, 1.165) is 29.5 Å². The summed E-state index contributed by atoms with van der Waals surface area (Å²) in [5.74, 6) is -4.82. The maximum absolute atomic E-state index is 16.2.